The summed E-state index contributed by atoms with van der Waals surface area (Å²) in [4.78, 5) is 38.1. The van der Waals surface area contributed by atoms with Gasteiger partial charge in [-0.3, -0.25) is 9.69 Å². The third-order valence-corrected chi connectivity index (χ3v) is 11.5. The molecule has 4 unspecified atom stereocenters. The Kier molecular flexibility index (Phi) is 8.34. The van der Waals surface area contributed by atoms with Crippen molar-refractivity contribution in [1.29, 1.82) is 0 Å². The highest BCUT2D eigenvalue weighted by molar-refractivity contribution is 5.99. The van der Waals surface area contributed by atoms with Crippen molar-refractivity contribution in [2.75, 3.05) is 31.1 Å². The van der Waals surface area contributed by atoms with Crippen molar-refractivity contribution in [2.24, 2.45) is 17.8 Å². The van der Waals surface area contributed by atoms with Gasteiger partial charge in [0.25, 0.3) is 11.8 Å². The summed E-state index contributed by atoms with van der Waals surface area (Å²) in [6.07, 6.45) is 2.94. The number of aliphatic carboxylic acids is 1. The van der Waals surface area contributed by atoms with Gasteiger partial charge in [0.1, 0.15) is 23.1 Å². The molecule has 0 radical (unpaired) electrons. The number of carboxylic acid groups (broad SMARTS) is 1. The van der Waals surface area contributed by atoms with Crippen LogP contribution in [0.4, 0.5) is 33.6 Å². The van der Waals surface area contributed by atoms with E-state index in [1.807, 2.05) is 12.1 Å². The number of carboxylic acids is 1. The van der Waals surface area contributed by atoms with Crippen LogP contribution in [0.5, 0.6) is 5.75 Å². The molecule has 4 fully saturated rings. The number of rotatable bonds is 8. The Morgan fingerprint density at radius 3 is 2.57 bits per heavy atom. The summed E-state index contributed by atoms with van der Waals surface area (Å²) in [6, 6.07) is 5.45. The minimum absolute atomic E-state index is 0.00356. The molecule has 7 rings (SSSR count). The van der Waals surface area contributed by atoms with Crippen molar-refractivity contribution >= 4 is 23.5 Å². The van der Waals surface area contributed by atoms with Gasteiger partial charge in [0.2, 0.25) is 5.95 Å². The van der Waals surface area contributed by atoms with Crippen LogP contribution in [-0.2, 0) is 16.1 Å². The molecule has 5 atom stereocenters. The first-order chi connectivity index (χ1) is 23.1. The number of likely N-dealkylation sites (tertiary alicyclic amines) is 1. The highest BCUT2D eigenvalue weighted by atomic mass is 19.4. The summed E-state index contributed by atoms with van der Waals surface area (Å²) in [5.41, 5.74) is -1.41. The highest BCUT2D eigenvalue weighted by Crippen LogP contribution is 2.54. The van der Waals surface area contributed by atoms with E-state index in [9.17, 15) is 27.9 Å². The van der Waals surface area contributed by atoms with Gasteiger partial charge in [-0.05, 0) is 86.5 Å². The summed E-state index contributed by atoms with van der Waals surface area (Å²) in [6.45, 7) is 2.63. The zero-order valence-corrected chi connectivity index (χ0v) is 27.7. The molecule has 3 aliphatic carbocycles. The van der Waals surface area contributed by atoms with Crippen LogP contribution in [0.1, 0.15) is 93.3 Å². The largest absolute Gasteiger partial charge is 0.489 e. The number of alkyl halides is 5. The maximum atomic E-state index is 15.2. The lowest BCUT2D eigenvalue weighted by molar-refractivity contribution is -0.146. The maximum Gasteiger partial charge on any atom is 0.401 e. The van der Waals surface area contributed by atoms with E-state index in [1.54, 1.807) is 11.0 Å². The average molecular weight is 692 g/mol. The molecule has 1 spiro atoms. The summed E-state index contributed by atoms with van der Waals surface area (Å²) >= 11 is 0. The minimum Gasteiger partial charge on any atom is -0.489 e. The third kappa shape index (κ3) is 6.33. The van der Waals surface area contributed by atoms with Crippen LogP contribution < -0.4 is 15.0 Å². The second-order valence-corrected chi connectivity index (χ2v) is 15.3. The van der Waals surface area contributed by atoms with Crippen molar-refractivity contribution in [3.8, 4) is 5.75 Å². The molecule has 2 N–H and O–H groups in total. The van der Waals surface area contributed by atoms with Crippen LogP contribution in [0.25, 0.3) is 0 Å². The molecule has 49 heavy (non-hydrogen) atoms. The molecule has 2 bridgehead atoms. The van der Waals surface area contributed by atoms with Gasteiger partial charge < -0.3 is 20.1 Å². The molecule has 266 valence electrons. The monoisotopic (exact) mass is 691 g/mol. The lowest BCUT2D eigenvalue weighted by Crippen LogP contribution is -2.57. The van der Waals surface area contributed by atoms with Gasteiger partial charge in [0.05, 0.1) is 12.1 Å². The molecule has 2 aromatic rings. The number of anilines is 2. The molecule has 1 aromatic heterocycles. The molecule has 1 saturated heterocycles. The predicted molar refractivity (Wildman–Crippen MR) is 169 cm³/mol. The van der Waals surface area contributed by atoms with Crippen LogP contribution in [-0.4, -0.2) is 75.8 Å². The number of aromatic nitrogens is 2. The quantitative estimate of drug-likeness (QED) is 0.299. The van der Waals surface area contributed by atoms with Crippen molar-refractivity contribution in [2.45, 2.75) is 101 Å². The molecule has 1 aromatic carbocycles. The van der Waals surface area contributed by atoms with Gasteiger partial charge in [0.15, 0.2) is 0 Å². The molecule has 14 heteroatoms. The van der Waals surface area contributed by atoms with Crippen LogP contribution in [0.15, 0.2) is 24.4 Å². The molecule has 3 heterocycles. The Labute approximate surface area is 281 Å². The van der Waals surface area contributed by atoms with Gasteiger partial charge in [-0.25, -0.2) is 14.8 Å². The summed E-state index contributed by atoms with van der Waals surface area (Å²) in [5, 5.41) is 13.0. The molecule has 2 aliphatic heterocycles. The zero-order chi connectivity index (χ0) is 34.9. The van der Waals surface area contributed by atoms with Crippen LogP contribution in [0, 0.1) is 17.8 Å². The van der Waals surface area contributed by atoms with Crippen molar-refractivity contribution in [3.63, 3.8) is 0 Å². The van der Waals surface area contributed by atoms with E-state index in [1.165, 1.54) is 4.90 Å². The van der Waals surface area contributed by atoms with Gasteiger partial charge in [-0.1, -0.05) is 19.8 Å². The van der Waals surface area contributed by atoms with Gasteiger partial charge in [-0.15, -0.1) is 0 Å². The molecular formula is C35H42F5N5O4. The first-order valence-electron chi connectivity index (χ1n) is 17.2. The fourth-order valence-corrected chi connectivity index (χ4v) is 9.54. The normalized spacial score (nSPS) is 29.4. The Morgan fingerprint density at radius 2 is 1.88 bits per heavy atom. The fraction of sp³-hybridized carbons (Fsp3) is 0.657. The number of ether oxygens (including phenoxy) is 1. The lowest BCUT2D eigenvalue weighted by Gasteiger charge is -2.33. The minimum atomic E-state index is -4.28. The first kappa shape index (κ1) is 33.9. The van der Waals surface area contributed by atoms with E-state index in [-0.39, 0.29) is 42.3 Å². The number of hydrogen-bond acceptors (Lipinski definition) is 7. The summed E-state index contributed by atoms with van der Waals surface area (Å²) in [7, 11) is 0. The van der Waals surface area contributed by atoms with Crippen molar-refractivity contribution < 1.29 is 41.4 Å². The molecule has 9 nitrogen and oxygen atoms in total. The number of amides is 1. The maximum absolute atomic E-state index is 15.2. The number of carbonyl (C=O) groups is 2. The van der Waals surface area contributed by atoms with E-state index in [2.05, 4.69) is 22.2 Å². The summed E-state index contributed by atoms with van der Waals surface area (Å²) < 4.78 is 75.4. The molecule has 3 saturated carbocycles. The van der Waals surface area contributed by atoms with Crippen LogP contribution in [0.3, 0.4) is 0 Å². The Morgan fingerprint density at radius 1 is 1.12 bits per heavy atom. The Hall–Kier alpha value is -3.55. The number of carbonyl (C=O) groups excluding carboxylic acids is 1. The standard InChI is InChI=1S/C35H42F5N5O4/c1-20-11-21-13-22(12-20)34(15-21,30(47)48)43-29(46)25-16-41-31(42-28(25)32(2,36)37)45-18-33(8-3-4-9-33)26-14-23(5-6-27(26)45)49-24-7-10-44(17-24)19-35(38,39)40/h5-6,14,16,20-22,24H,3-4,7-13,15,17-19H2,1-2H3,(H,43,46)(H,47,48)/t20?,21?,22?,24-,34?/m1/s1. The predicted octanol–water partition coefficient (Wildman–Crippen LogP) is 6.58. The van der Waals surface area contributed by atoms with E-state index >= 15 is 8.78 Å². The van der Waals surface area contributed by atoms with Gasteiger partial charge in [-0.2, -0.15) is 22.0 Å². The van der Waals surface area contributed by atoms with Crippen LogP contribution in [0.2, 0.25) is 0 Å². The highest BCUT2D eigenvalue weighted by Gasteiger charge is 2.56. The van der Waals surface area contributed by atoms with Crippen molar-refractivity contribution in [3.05, 3.63) is 41.2 Å². The smallest absolute Gasteiger partial charge is 0.401 e. The molecule has 5 aliphatic rings. The first-order valence-corrected chi connectivity index (χ1v) is 17.2. The van der Waals surface area contributed by atoms with E-state index in [0.717, 1.165) is 49.6 Å². The number of benzene rings is 1. The van der Waals surface area contributed by atoms with E-state index in [4.69, 9.17) is 4.74 Å². The zero-order valence-electron chi connectivity index (χ0n) is 27.7. The summed E-state index contributed by atoms with van der Waals surface area (Å²) in [5.74, 6) is -4.92. The van der Waals surface area contributed by atoms with Crippen LogP contribution >= 0.6 is 0 Å². The fourth-order valence-electron chi connectivity index (χ4n) is 9.54. The number of nitrogens with zero attached hydrogens (tertiary/aromatic N) is 4. The lowest BCUT2D eigenvalue weighted by atomic mass is 9.78. The third-order valence-electron chi connectivity index (χ3n) is 11.5. The number of hydrogen-bond donors (Lipinski definition) is 2. The number of nitrogens with one attached hydrogen (secondary N) is 1. The van der Waals surface area contributed by atoms with E-state index in [0.29, 0.717) is 50.9 Å². The average Bonchev–Trinajstić information content (AvgIpc) is 3.79. The van der Waals surface area contributed by atoms with Gasteiger partial charge >= 0.3 is 12.1 Å². The topological polar surface area (TPSA) is 108 Å². The van der Waals surface area contributed by atoms with Crippen molar-refractivity contribution in [1.82, 2.24) is 20.2 Å². The molecule has 1 amide bonds. The number of halogens is 5. The Balaban J connectivity index is 1.16. The van der Waals surface area contributed by atoms with E-state index < -0.39 is 47.3 Å². The number of fused-ring (bicyclic) bond motifs is 4. The second kappa shape index (κ2) is 12.1. The second-order valence-electron chi connectivity index (χ2n) is 15.3. The molecular weight excluding hydrogens is 649 g/mol. The SMILES string of the molecule is CC1CC2CC(C1)C(NC(=O)c1cnc(N3CC4(CCCC4)c4cc(O[C@@H]5CCN(CC(F)(F)F)C5)ccc43)nc1C(C)(F)F)(C(=O)O)C2. The Bertz CT molecular complexity index is 1630. The van der Waals surface area contributed by atoms with Gasteiger partial charge in [0, 0.05) is 43.9 Å².